The lowest BCUT2D eigenvalue weighted by Gasteiger charge is -2.17. The standard InChI is InChI=1S/C21H21N3O.BrH/c1-21(2,3)17-13-16-19(20(25)22-17)24(14-15-9-5-4-6-10-15)18-11-7-8-12-23(16)18;/h4-13H,14H2,1-3H3;1H. The zero-order valence-corrected chi connectivity index (χ0v) is 16.7. The van der Waals surface area contributed by atoms with E-state index in [1.165, 1.54) is 5.56 Å². The molecule has 0 aliphatic carbocycles. The smallest absolute Gasteiger partial charge is 0.299 e. The lowest BCUT2D eigenvalue weighted by atomic mass is 9.91. The van der Waals surface area contributed by atoms with Crippen molar-refractivity contribution >= 4 is 16.7 Å². The summed E-state index contributed by atoms with van der Waals surface area (Å²) in [4.78, 5) is 16.0. The molecule has 0 bridgehead atoms. The predicted molar refractivity (Wildman–Crippen MR) is 100.0 cm³/mol. The van der Waals surface area contributed by atoms with Crippen LogP contribution in [0.5, 0.6) is 0 Å². The van der Waals surface area contributed by atoms with E-state index in [9.17, 15) is 4.79 Å². The normalized spacial score (nSPS) is 11.7. The van der Waals surface area contributed by atoms with Crippen molar-refractivity contribution < 1.29 is 21.5 Å². The number of hydrogen-bond donors (Lipinski definition) is 1. The molecule has 134 valence electrons. The van der Waals surface area contributed by atoms with E-state index in [2.05, 4.69) is 59.0 Å². The number of nitrogens with zero attached hydrogens (tertiary/aromatic N) is 2. The summed E-state index contributed by atoms with van der Waals surface area (Å²) < 4.78 is 4.19. The molecule has 4 aromatic rings. The van der Waals surface area contributed by atoms with Crippen molar-refractivity contribution in [1.29, 1.82) is 0 Å². The number of fused-ring (bicyclic) bond motifs is 3. The molecule has 0 atom stereocenters. The molecule has 0 radical (unpaired) electrons. The van der Waals surface area contributed by atoms with Crippen LogP contribution in [0.2, 0.25) is 0 Å². The third-order valence-corrected chi connectivity index (χ3v) is 4.62. The first-order chi connectivity index (χ1) is 11.9. The Morgan fingerprint density at radius 1 is 1.04 bits per heavy atom. The molecule has 0 aliphatic rings. The van der Waals surface area contributed by atoms with E-state index in [0.717, 1.165) is 16.9 Å². The molecule has 0 saturated carbocycles. The largest absolute Gasteiger partial charge is 1.00 e. The number of aromatic nitrogens is 3. The van der Waals surface area contributed by atoms with Gasteiger partial charge >= 0.3 is 0 Å². The topological polar surface area (TPSA) is 41.2 Å². The average Bonchev–Trinajstić information content (AvgIpc) is 2.90. The highest BCUT2D eigenvalue weighted by Crippen LogP contribution is 2.22. The van der Waals surface area contributed by atoms with E-state index in [1.807, 2.05) is 36.5 Å². The summed E-state index contributed by atoms with van der Waals surface area (Å²) in [5, 5.41) is 0. The van der Waals surface area contributed by atoms with E-state index >= 15 is 0 Å². The van der Waals surface area contributed by atoms with Gasteiger partial charge in [-0.3, -0.25) is 4.79 Å². The van der Waals surface area contributed by atoms with Crippen LogP contribution in [0.15, 0.2) is 65.6 Å². The first kappa shape index (κ1) is 18.4. The van der Waals surface area contributed by atoms with Gasteiger partial charge in [0.15, 0.2) is 5.52 Å². The van der Waals surface area contributed by atoms with Crippen LogP contribution < -0.4 is 27.1 Å². The SMILES string of the molecule is CC(C)(C)c1cc2c(c(=O)[nH]1)[n+](Cc1ccccc1)c1ccccn21.[Br-]. The van der Waals surface area contributed by atoms with Crippen molar-refractivity contribution in [2.45, 2.75) is 32.7 Å². The third-order valence-electron chi connectivity index (χ3n) is 4.62. The molecule has 5 heteroatoms. The highest BCUT2D eigenvalue weighted by atomic mass is 79.9. The minimum Gasteiger partial charge on any atom is -1.00 e. The van der Waals surface area contributed by atoms with E-state index in [-0.39, 0.29) is 28.0 Å². The molecule has 26 heavy (non-hydrogen) atoms. The zero-order chi connectivity index (χ0) is 17.6. The molecule has 0 saturated heterocycles. The molecule has 0 unspecified atom stereocenters. The Kier molecular flexibility index (Phi) is 4.76. The third kappa shape index (κ3) is 3.07. The number of aromatic amines is 1. The number of halogens is 1. The van der Waals surface area contributed by atoms with E-state index in [4.69, 9.17) is 0 Å². The van der Waals surface area contributed by atoms with Gasteiger partial charge < -0.3 is 22.0 Å². The molecule has 3 aromatic heterocycles. The maximum absolute atomic E-state index is 12.9. The molecule has 0 spiro atoms. The van der Waals surface area contributed by atoms with Crippen LogP contribution in [-0.2, 0) is 12.0 Å². The van der Waals surface area contributed by atoms with Gasteiger partial charge in [-0.2, -0.15) is 4.40 Å². The van der Waals surface area contributed by atoms with Crippen LogP contribution in [0.1, 0.15) is 32.0 Å². The number of benzene rings is 1. The highest BCUT2D eigenvalue weighted by Gasteiger charge is 2.25. The van der Waals surface area contributed by atoms with Gasteiger partial charge in [0.25, 0.3) is 11.2 Å². The van der Waals surface area contributed by atoms with Gasteiger partial charge in [0.05, 0.1) is 6.20 Å². The van der Waals surface area contributed by atoms with Crippen molar-refractivity contribution in [2.75, 3.05) is 0 Å². The minimum atomic E-state index is -0.115. The summed E-state index contributed by atoms with van der Waals surface area (Å²) >= 11 is 0. The van der Waals surface area contributed by atoms with Crippen molar-refractivity contribution in [1.82, 2.24) is 9.38 Å². The number of imidazole rings is 1. The van der Waals surface area contributed by atoms with Gasteiger partial charge in [0, 0.05) is 23.2 Å². The molecule has 0 amide bonds. The average molecular weight is 412 g/mol. The summed E-state index contributed by atoms with van der Waals surface area (Å²) in [6.07, 6.45) is 2.02. The van der Waals surface area contributed by atoms with Crippen LogP contribution in [0.3, 0.4) is 0 Å². The maximum Gasteiger partial charge on any atom is 0.299 e. The van der Waals surface area contributed by atoms with Crippen molar-refractivity contribution in [3.63, 3.8) is 0 Å². The van der Waals surface area contributed by atoms with Crippen molar-refractivity contribution in [2.24, 2.45) is 0 Å². The quantitative estimate of drug-likeness (QED) is 0.477. The number of hydrogen-bond acceptors (Lipinski definition) is 1. The Hall–Kier alpha value is -2.40. The number of nitrogens with one attached hydrogen (secondary N) is 1. The van der Waals surface area contributed by atoms with Crippen LogP contribution in [0, 0.1) is 0 Å². The fourth-order valence-corrected chi connectivity index (χ4v) is 3.29. The van der Waals surface area contributed by atoms with Gasteiger partial charge in [-0.1, -0.05) is 57.2 Å². The van der Waals surface area contributed by atoms with Crippen LogP contribution in [0.4, 0.5) is 0 Å². The fourth-order valence-electron chi connectivity index (χ4n) is 3.29. The second-order valence-electron chi connectivity index (χ2n) is 7.50. The Morgan fingerprint density at radius 3 is 2.42 bits per heavy atom. The van der Waals surface area contributed by atoms with Crippen LogP contribution in [0.25, 0.3) is 16.7 Å². The summed E-state index contributed by atoms with van der Waals surface area (Å²) in [6, 6.07) is 18.4. The Bertz CT molecular complexity index is 1120. The van der Waals surface area contributed by atoms with E-state index in [0.29, 0.717) is 12.1 Å². The summed E-state index contributed by atoms with van der Waals surface area (Å²) in [5.74, 6) is 0. The maximum atomic E-state index is 12.9. The second kappa shape index (κ2) is 6.72. The molecular weight excluding hydrogens is 390 g/mol. The van der Waals surface area contributed by atoms with Crippen molar-refractivity contribution in [3.05, 3.63) is 82.4 Å². The molecular formula is C21H22BrN3O. The van der Waals surface area contributed by atoms with Gasteiger partial charge in [-0.15, -0.1) is 0 Å². The Balaban J connectivity index is 0.00000196. The van der Waals surface area contributed by atoms with Gasteiger partial charge in [-0.25, -0.2) is 4.57 Å². The van der Waals surface area contributed by atoms with Gasteiger partial charge in [-0.05, 0) is 11.6 Å². The molecule has 0 fully saturated rings. The minimum absolute atomic E-state index is 0. The number of pyridine rings is 2. The molecule has 4 rings (SSSR count). The van der Waals surface area contributed by atoms with Crippen LogP contribution in [-0.4, -0.2) is 9.38 Å². The molecule has 4 nitrogen and oxygen atoms in total. The Morgan fingerprint density at radius 2 is 1.73 bits per heavy atom. The summed E-state index contributed by atoms with van der Waals surface area (Å²) in [6.45, 7) is 6.99. The zero-order valence-electron chi connectivity index (χ0n) is 15.2. The summed E-state index contributed by atoms with van der Waals surface area (Å²) in [7, 11) is 0. The molecule has 1 N–H and O–H groups in total. The first-order valence-electron chi connectivity index (χ1n) is 8.55. The van der Waals surface area contributed by atoms with Crippen molar-refractivity contribution in [3.8, 4) is 0 Å². The molecule has 3 heterocycles. The number of rotatable bonds is 2. The lowest BCUT2D eigenvalue weighted by molar-refractivity contribution is -0.637. The predicted octanol–water partition coefficient (Wildman–Crippen LogP) is 0.418. The fraction of sp³-hybridized carbons (Fsp3) is 0.238. The second-order valence-corrected chi connectivity index (χ2v) is 7.50. The van der Waals surface area contributed by atoms with Gasteiger partial charge in [0.1, 0.15) is 6.54 Å². The van der Waals surface area contributed by atoms with E-state index < -0.39 is 0 Å². The molecule has 0 aliphatic heterocycles. The first-order valence-corrected chi connectivity index (χ1v) is 8.55. The Labute approximate surface area is 162 Å². The molecule has 1 aromatic carbocycles. The summed E-state index contributed by atoms with van der Waals surface area (Å²) in [5.41, 5.74) is 4.63. The van der Waals surface area contributed by atoms with Crippen LogP contribution >= 0.6 is 0 Å². The number of H-pyrrole nitrogens is 1. The monoisotopic (exact) mass is 411 g/mol. The lowest BCUT2D eigenvalue weighted by Crippen LogP contribution is -3.00. The highest BCUT2D eigenvalue weighted by molar-refractivity contribution is 5.75. The van der Waals surface area contributed by atoms with E-state index in [1.54, 1.807) is 0 Å². The van der Waals surface area contributed by atoms with Gasteiger partial charge in [0.2, 0.25) is 5.52 Å².